The number of nitrogens with one attached hydrogen (secondary N) is 1. The third kappa shape index (κ3) is 4.17. The highest BCUT2D eigenvalue weighted by Gasteiger charge is 2.42. The van der Waals surface area contributed by atoms with Crippen molar-refractivity contribution in [3.8, 4) is 0 Å². The molecule has 0 aliphatic carbocycles. The van der Waals surface area contributed by atoms with Crippen molar-refractivity contribution in [2.75, 3.05) is 6.54 Å². The van der Waals surface area contributed by atoms with Crippen LogP contribution in [0.25, 0.3) is 0 Å². The van der Waals surface area contributed by atoms with E-state index in [0.717, 1.165) is 5.56 Å². The van der Waals surface area contributed by atoms with Crippen LogP contribution in [0, 0.1) is 5.82 Å². The van der Waals surface area contributed by atoms with E-state index >= 15 is 0 Å². The number of carbonyl (C=O) groups excluding carboxylic acids is 1. The van der Waals surface area contributed by atoms with Crippen molar-refractivity contribution in [3.63, 3.8) is 0 Å². The first kappa shape index (κ1) is 16.6. The van der Waals surface area contributed by atoms with Crippen LogP contribution in [-0.4, -0.2) is 24.2 Å². The molecule has 1 fully saturated rings. The first-order valence-corrected chi connectivity index (χ1v) is 7.91. The summed E-state index contributed by atoms with van der Waals surface area (Å²) in [7, 11) is 0. The van der Waals surface area contributed by atoms with Crippen LogP contribution >= 0.6 is 0 Å². The summed E-state index contributed by atoms with van der Waals surface area (Å²) in [5.41, 5.74) is 0.0644. The summed E-state index contributed by atoms with van der Waals surface area (Å²) in [6.45, 7) is 0.255. The maximum absolute atomic E-state index is 14.9. The molecule has 0 bridgehead atoms. The molecule has 0 unspecified atom stereocenters. The number of hydrogen-bond acceptors (Lipinski definition) is 3. The first-order chi connectivity index (χ1) is 11.5. The molecule has 3 rings (SSSR count). The first-order valence-electron chi connectivity index (χ1n) is 7.91. The summed E-state index contributed by atoms with van der Waals surface area (Å²) in [6, 6.07) is 14.5. The van der Waals surface area contributed by atoms with Crippen molar-refractivity contribution < 1.29 is 18.3 Å². The van der Waals surface area contributed by atoms with E-state index < -0.39 is 17.7 Å². The number of carbonyl (C=O) groups is 1. The normalized spacial score (nSPS) is 23.2. The fourth-order valence-corrected chi connectivity index (χ4v) is 2.91. The molecule has 3 nitrogen and oxygen atoms in total. The van der Waals surface area contributed by atoms with Crippen LogP contribution in [0.4, 0.5) is 8.78 Å². The van der Waals surface area contributed by atoms with Gasteiger partial charge in [-0.05, 0) is 23.3 Å². The van der Waals surface area contributed by atoms with Crippen molar-refractivity contribution in [2.45, 2.75) is 31.2 Å². The lowest BCUT2D eigenvalue weighted by molar-refractivity contribution is -0.147. The van der Waals surface area contributed by atoms with Gasteiger partial charge in [-0.3, -0.25) is 4.79 Å². The minimum absolute atomic E-state index is 0.0536. The fraction of sp³-hybridized carbons (Fsp3) is 0.316. The van der Waals surface area contributed by atoms with E-state index in [4.69, 9.17) is 4.74 Å². The molecule has 126 valence electrons. The number of ether oxygens (including phenoxy) is 1. The molecule has 2 atom stereocenters. The van der Waals surface area contributed by atoms with Gasteiger partial charge in [0, 0.05) is 19.4 Å². The molecule has 1 aliphatic rings. The predicted octanol–water partition coefficient (Wildman–Crippen LogP) is 3.18. The largest absolute Gasteiger partial charge is 0.460 e. The third-order valence-electron chi connectivity index (χ3n) is 4.18. The zero-order valence-electron chi connectivity index (χ0n) is 13.2. The van der Waals surface area contributed by atoms with Crippen LogP contribution in [0.3, 0.4) is 0 Å². The molecule has 1 aliphatic heterocycles. The van der Waals surface area contributed by atoms with Gasteiger partial charge in [0.1, 0.15) is 24.1 Å². The summed E-state index contributed by atoms with van der Waals surface area (Å²) in [6.07, 6.45) is 0.195. The van der Waals surface area contributed by atoms with Gasteiger partial charge < -0.3 is 10.1 Å². The zero-order chi connectivity index (χ0) is 17.0. The van der Waals surface area contributed by atoms with Crippen molar-refractivity contribution >= 4 is 5.97 Å². The Balaban J connectivity index is 1.53. The Hall–Kier alpha value is -2.27. The molecule has 0 saturated carbocycles. The van der Waals surface area contributed by atoms with Crippen LogP contribution in [0.5, 0.6) is 0 Å². The standard InChI is InChI=1S/C19H19F2NO2/c20-16-8-6-14(7-9-16)10-19(21)11-17(22-13-19)18(23)24-12-15-4-2-1-3-5-15/h1-9,17,22H,10-13H2/t17-,19-/m1/s1. The maximum Gasteiger partial charge on any atom is 0.323 e. The molecular formula is C19H19F2NO2. The molecule has 1 N–H and O–H groups in total. The summed E-state index contributed by atoms with van der Waals surface area (Å²) in [5.74, 6) is -0.795. The van der Waals surface area contributed by atoms with E-state index in [-0.39, 0.29) is 31.8 Å². The van der Waals surface area contributed by atoms with Gasteiger partial charge in [-0.1, -0.05) is 42.5 Å². The fourth-order valence-electron chi connectivity index (χ4n) is 2.91. The molecule has 1 saturated heterocycles. The molecule has 1 heterocycles. The molecule has 2 aromatic rings. The summed E-state index contributed by atoms with van der Waals surface area (Å²) < 4.78 is 33.1. The number of esters is 1. The Morgan fingerprint density at radius 3 is 2.54 bits per heavy atom. The highest BCUT2D eigenvalue weighted by atomic mass is 19.1. The average molecular weight is 331 g/mol. The van der Waals surface area contributed by atoms with Crippen molar-refractivity contribution in [1.82, 2.24) is 5.32 Å². The van der Waals surface area contributed by atoms with Crippen LogP contribution in [0.2, 0.25) is 0 Å². The molecule has 0 spiro atoms. The second kappa shape index (κ2) is 7.09. The van der Waals surface area contributed by atoms with E-state index in [0.29, 0.717) is 5.56 Å². The van der Waals surface area contributed by atoms with E-state index in [1.165, 1.54) is 12.1 Å². The molecule has 2 aromatic carbocycles. The van der Waals surface area contributed by atoms with E-state index in [9.17, 15) is 13.6 Å². The van der Waals surface area contributed by atoms with Gasteiger partial charge in [-0.25, -0.2) is 8.78 Å². The monoisotopic (exact) mass is 331 g/mol. The smallest absolute Gasteiger partial charge is 0.323 e. The third-order valence-corrected chi connectivity index (χ3v) is 4.18. The van der Waals surface area contributed by atoms with Gasteiger partial charge in [0.05, 0.1) is 0 Å². The minimum atomic E-state index is -1.53. The van der Waals surface area contributed by atoms with Crippen LogP contribution in [-0.2, 0) is 22.6 Å². The van der Waals surface area contributed by atoms with Crippen LogP contribution in [0.15, 0.2) is 54.6 Å². The number of rotatable bonds is 5. The highest BCUT2D eigenvalue weighted by Crippen LogP contribution is 2.29. The van der Waals surface area contributed by atoms with Gasteiger partial charge in [0.2, 0.25) is 0 Å². The van der Waals surface area contributed by atoms with Gasteiger partial charge in [0.15, 0.2) is 0 Å². The van der Waals surface area contributed by atoms with Gasteiger partial charge >= 0.3 is 5.97 Å². The maximum atomic E-state index is 14.9. The molecular weight excluding hydrogens is 312 g/mol. The highest BCUT2D eigenvalue weighted by molar-refractivity contribution is 5.76. The minimum Gasteiger partial charge on any atom is -0.460 e. The number of benzene rings is 2. The lowest BCUT2D eigenvalue weighted by Gasteiger charge is -2.18. The molecule has 0 aromatic heterocycles. The van der Waals surface area contributed by atoms with Gasteiger partial charge in [-0.15, -0.1) is 0 Å². The topological polar surface area (TPSA) is 38.3 Å². The Morgan fingerprint density at radius 1 is 1.12 bits per heavy atom. The Morgan fingerprint density at radius 2 is 1.83 bits per heavy atom. The Labute approximate surface area is 139 Å². The van der Waals surface area contributed by atoms with Crippen LogP contribution in [0.1, 0.15) is 17.5 Å². The zero-order valence-corrected chi connectivity index (χ0v) is 13.2. The Bertz CT molecular complexity index is 690. The summed E-state index contributed by atoms with van der Waals surface area (Å²) >= 11 is 0. The molecule has 0 amide bonds. The quantitative estimate of drug-likeness (QED) is 0.855. The van der Waals surface area contributed by atoms with E-state index in [1.54, 1.807) is 12.1 Å². The Kier molecular flexibility index (Phi) is 4.90. The summed E-state index contributed by atoms with van der Waals surface area (Å²) in [4.78, 5) is 12.1. The van der Waals surface area contributed by atoms with Crippen LogP contribution < -0.4 is 5.32 Å². The van der Waals surface area contributed by atoms with E-state index in [1.807, 2.05) is 30.3 Å². The van der Waals surface area contributed by atoms with Crippen molar-refractivity contribution in [2.24, 2.45) is 0 Å². The number of hydrogen-bond donors (Lipinski definition) is 1. The van der Waals surface area contributed by atoms with Gasteiger partial charge in [-0.2, -0.15) is 0 Å². The molecule has 0 radical (unpaired) electrons. The molecule has 24 heavy (non-hydrogen) atoms. The van der Waals surface area contributed by atoms with Crippen molar-refractivity contribution in [3.05, 3.63) is 71.5 Å². The van der Waals surface area contributed by atoms with Crippen molar-refractivity contribution in [1.29, 1.82) is 0 Å². The second-order valence-corrected chi connectivity index (χ2v) is 6.19. The second-order valence-electron chi connectivity index (χ2n) is 6.19. The average Bonchev–Trinajstić information content (AvgIpc) is 2.98. The van der Waals surface area contributed by atoms with Gasteiger partial charge in [0.25, 0.3) is 0 Å². The number of halogens is 2. The molecule has 5 heteroatoms. The number of alkyl halides is 1. The SMILES string of the molecule is O=C(OCc1ccccc1)[C@H]1C[C@](F)(Cc2ccc(F)cc2)CN1. The lowest BCUT2D eigenvalue weighted by atomic mass is 9.93. The van der Waals surface area contributed by atoms with E-state index in [2.05, 4.69) is 5.32 Å². The summed E-state index contributed by atoms with van der Waals surface area (Å²) in [5, 5.41) is 2.89. The lowest BCUT2D eigenvalue weighted by Crippen LogP contribution is -2.32. The predicted molar refractivity (Wildman–Crippen MR) is 86.6 cm³/mol.